The van der Waals surface area contributed by atoms with Gasteiger partial charge in [-0.15, -0.1) is 11.3 Å². The van der Waals surface area contributed by atoms with Gasteiger partial charge in [-0.05, 0) is 6.07 Å². The zero-order valence-electron chi connectivity index (χ0n) is 14.0. The third-order valence-corrected chi connectivity index (χ3v) is 5.01. The third kappa shape index (κ3) is 2.95. The van der Waals surface area contributed by atoms with Gasteiger partial charge in [-0.1, -0.05) is 0 Å². The van der Waals surface area contributed by atoms with E-state index in [1.165, 1.54) is 29.2 Å². The predicted molar refractivity (Wildman–Crippen MR) is 96.1 cm³/mol. The van der Waals surface area contributed by atoms with Gasteiger partial charge in [0.1, 0.15) is 5.56 Å². The van der Waals surface area contributed by atoms with Crippen molar-refractivity contribution in [3.8, 4) is 5.13 Å². The Morgan fingerprint density at radius 3 is 2.89 bits per heavy atom. The zero-order chi connectivity index (χ0) is 19.1. The molecule has 9 nitrogen and oxygen atoms in total. The molecule has 3 aromatic rings. The van der Waals surface area contributed by atoms with Crippen molar-refractivity contribution in [2.75, 3.05) is 25.1 Å². The molecule has 2 N–H and O–H groups in total. The topological polar surface area (TPSA) is 110 Å². The molecule has 0 aromatic carbocycles. The predicted octanol–water partition coefficient (Wildman–Crippen LogP) is 1.02. The first-order valence-corrected chi connectivity index (χ1v) is 8.80. The van der Waals surface area contributed by atoms with Crippen LogP contribution in [0.15, 0.2) is 28.6 Å². The lowest BCUT2D eigenvalue weighted by atomic mass is 10.1. The van der Waals surface area contributed by atoms with E-state index in [-0.39, 0.29) is 22.9 Å². The number of pyridine rings is 2. The number of aromatic carboxylic acids is 1. The first-order chi connectivity index (χ1) is 13.0. The number of hydrogen-bond acceptors (Lipinski definition) is 8. The highest BCUT2D eigenvalue weighted by molar-refractivity contribution is 7.12. The minimum atomic E-state index is -1.40. The maximum atomic E-state index is 14.6. The summed E-state index contributed by atoms with van der Waals surface area (Å²) in [6.45, 7) is 0.968. The molecule has 0 aliphatic carbocycles. The first kappa shape index (κ1) is 17.5. The SMILES string of the molecule is CONC1CN(c2nc3c(cc2F)c(=O)c(C(=O)O)cn3-c2nccs2)C1. The zero-order valence-corrected chi connectivity index (χ0v) is 14.9. The first-order valence-electron chi connectivity index (χ1n) is 7.92. The molecule has 0 unspecified atom stereocenters. The average Bonchev–Trinajstić information content (AvgIpc) is 3.12. The summed E-state index contributed by atoms with van der Waals surface area (Å²) in [5.74, 6) is -2.00. The van der Waals surface area contributed by atoms with Crippen molar-refractivity contribution < 1.29 is 19.1 Å². The van der Waals surface area contributed by atoms with E-state index in [4.69, 9.17) is 4.84 Å². The van der Waals surface area contributed by atoms with Gasteiger partial charge in [0, 0.05) is 30.9 Å². The molecule has 0 bridgehead atoms. The Kier molecular flexibility index (Phi) is 4.34. The smallest absolute Gasteiger partial charge is 0.341 e. The van der Waals surface area contributed by atoms with Crippen molar-refractivity contribution in [1.82, 2.24) is 20.0 Å². The van der Waals surface area contributed by atoms with E-state index in [9.17, 15) is 19.1 Å². The lowest BCUT2D eigenvalue weighted by Crippen LogP contribution is -2.58. The number of carbonyl (C=O) groups is 1. The van der Waals surface area contributed by atoms with Crippen LogP contribution in [-0.2, 0) is 4.84 Å². The number of hydrogen-bond donors (Lipinski definition) is 2. The van der Waals surface area contributed by atoms with Gasteiger partial charge in [-0.25, -0.2) is 19.2 Å². The van der Waals surface area contributed by atoms with Crippen molar-refractivity contribution in [2.45, 2.75) is 6.04 Å². The van der Waals surface area contributed by atoms with Gasteiger partial charge in [-0.2, -0.15) is 5.48 Å². The number of nitrogens with one attached hydrogen (secondary N) is 1. The van der Waals surface area contributed by atoms with Crippen molar-refractivity contribution in [1.29, 1.82) is 0 Å². The quantitative estimate of drug-likeness (QED) is 0.621. The fourth-order valence-electron chi connectivity index (χ4n) is 2.96. The molecule has 1 aliphatic rings. The molecule has 0 atom stereocenters. The minimum Gasteiger partial charge on any atom is -0.477 e. The molecule has 3 aromatic heterocycles. The van der Waals surface area contributed by atoms with Crippen LogP contribution >= 0.6 is 11.3 Å². The molecule has 140 valence electrons. The second-order valence-electron chi connectivity index (χ2n) is 5.95. The molecule has 27 heavy (non-hydrogen) atoms. The highest BCUT2D eigenvalue weighted by atomic mass is 32.1. The molecular formula is C16H14FN5O4S. The number of halogens is 1. The highest BCUT2D eigenvalue weighted by Crippen LogP contribution is 2.26. The summed E-state index contributed by atoms with van der Waals surface area (Å²) in [5.41, 5.74) is 1.67. The summed E-state index contributed by atoms with van der Waals surface area (Å²) in [7, 11) is 1.50. The van der Waals surface area contributed by atoms with Gasteiger partial charge >= 0.3 is 5.97 Å². The molecular weight excluding hydrogens is 377 g/mol. The van der Waals surface area contributed by atoms with Gasteiger partial charge < -0.3 is 14.8 Å². The van der Waals surface area contributed by atoms with Gasteiger partial charge in [0.15, 0.2) is 22.4 Å². The summed E-state index contributed by atoms with van der Waals surface area (Å²) in [6.07, 6.45) is 2.72. The molecule has 1 saturated heterocycles. The van der Waals surface area contributed by atoms with Gasteiger partial charge in [-0.3, -0.25) is 9.36 Å². The highest BCUT2D eigenvalue weighted by Gasteiger charge is 2.31. The second kappa shape index (κ2) is 6.68. The number of nitrogens with zero attached hydrogens (tertiary/aromatic N) is 4. The van der Waals surface area contributed by atoms with Crippen LogP contribution < -0.4 is 15.8 Å². The van der Waals surface area contributed by atoms with E-state index in [1.54, 1.807) is 16.5 Å². The number of anilines is 1. The molecule has 1 fully saturated rings. The fourth-order valence-corrected chi connectivity index (χ4v) is 3.58. The Bertz CT molecular complexity index is 1080. The summed E-state index contributed by atoms with van der Waals surface area (Å²) >= 11 is 1.25. The minimum absolute atomic E-state index is 0.0439. The Balaban J connectivity index is 1.89. The molecule has 0 saturated carbocycles. The fraction of sp³-hybridized carbons (Fsp3) is 0.250. The number of rotatable bonds is 5. The number of aromatic nitrogens is 3. The molecule has 4 heterocycles. The maximum absolute atomic E-state index is 14.6. The Morgan fingerprint density at radius 1 is 1.48 bits per heavy atom. The van der Waals surface area contributed by atoms with Crippen LogP contribution in [0.1, 0.15) is 10.4 Å². The van der Waals surface area contributed by atoms with E-state index in [1.807, 2.05) is 0 Å². The van der Waals surface area contributed by atoms with E-state index >= 15 is 0 Å². The van der Waals surface area contributed by atoms with Crippen molar-refractivity contribution >= 4 is 34.2 Å². The number of hydroxylamine groups is 1. The van der Waals surface area contributed by atoms with E-state index in [2.05, 4.69) is 15.4 Å². The summed E-state index contributed by atoms with van der Waals surface area (Å²) in [4.78, 5) is 38.9. The molecule has 0 spiro atoms. The normalized spacial score (nSPS) is 14.5. The molecule has 1 aliphatic heterocycles. The summed E-state index contributed by atoms with van der Waals surface area (Å²) < 4.78 is 16.0. The largest absolute Gasteiger partial charge is 0.477 e. The lowest BCUT2D eigenvalue weighted by molar-refractivity contribution is 0.0516. The van der Waals surface area contributed by atoms with Crippen LogP contribution in [0.25, 0.3) is 16.2 Å². The standard InChI is InChI=1S/C16H14FN5O4S/c1-26-20-8-5-21(6-8)14-11(17)4-9-12(23)10(15(24)25)7-22(13(9)19-14)16-18-2-3-27-16/h2-4,7-8,20H,5-6H2,1H3,(H,24,25). The Labute approximate surface area is 155 Å². The van der Waals surface area contributed by atoms with Crippen molar-refractivity contribution in [3.05, 3.63) is 45.4 Å². The molecule has 0 amide bonds. The van der Waals surface area contributed by atoms with Gasteiger partial charge in [0.05, 0.1) is 18.5 Å². The van der Waals surface area contributed by atoms with Crippen LogP contribution in [0.2, 0.25) is 0 Å². The monoisotopic (exact) mass is 391 g/mol. The van der Waals surface area contributed by atoms with Gasteiger partial charge in [0.2, 0.25) is 5.43 Å². The van der Waals surface area contributed by atoms with Crippen LogP contribution in [0.4, 0.5) is 10.2 Å². The molecule has 11 heteroatoms. The van der Waals surface area contributed by atoms with Crippen molar-refractivity contribution in [2.24, 2.45) is 0 Å². The van der Waals surface area contributed by atoms with Crippen LogP contribution in [0.3, 0.4) is 0 Å². The number of carboxylic acids is 1. The van der Waals surface area contributed by atoms with Crippen molar-refractivity contribution in [3.63, 3.8) is 0 Å². The average molecular weight is 391 g/mol. The Hall–Kier alpha value is -2.89. The number of thiazole rings is 1. The third-order valence-electron chi connectivity index (χ3n) is 4.23. The second-order valence-corrected chi connectivity index (χ2v) is 6.82. The molecule has 0 radical (unpaired) electrons. The Morgan fingerprint density at radius 2 is 2.26 bits per heavy atom. The lowest BCUT2D eigenvalue weighted by Gasteiger charge is -2.39. The van der Waals surface area contributed by atoms with E-state index < -0.39 is 22.8 Å². The number of carboxylic acid groups (broad SMARTS) is 1. The summed E-state index contributed by atoms with van der Waals surface area (Å²) in [5, 5.41) is 11.3. The van der Waals surface area contributed by atoms with E-state index in [0.717, 1.165) is 6.07 Å². The van der Waals surface area contributed by atoms with Crippen LogP contribution in [-0.4, -0.2) is 51.9 Å². The van der Waals surface area contributed by atoms with Crippen LogP contribution in [0, 0.1) is 5.82 Å². The maximum Gasteiger partial charge on any atom is 0.341 e. The van der Waals surface area contributed by atoms with E-state index in [0.29, 0.717) is 18.2 Å². The molecule has 4 rings (SSSR count). The van der Waals surface area contributed by atoms with Gasteiger partial charge in [0.25, 0.3) is 0 Å². The number of fused-ring (bicyclic) bond motifs is 1. The summed E-state index contributed by atoms with van der Waals surface area (Å²) in [6, 6.07) is 1.08. The van der Waals surface area contributed by atoms with Crippen LogP contribution in [0.5, 0.6) is 0 Å².